The van der Waals surface area contributed by atoms with E-state index < -0.39 is 0 Å². The molecule has 0 saturated heterocycles. The fourth-order valence-corrected chi connectivity index (χ4v) is 3.54. The Morgan fingerprint density at radius 3 is 2.88 bits per heavy atom. The van der Waals surface area contributed by atoms with Crippen molar-refractivity contribution in [2.24, 2.45) is 0 Å². The van der Waals surface area contributed by atoms with Gasteiger partial charge < -0.3 is 9.73 Å². The lowest BCUT2D eigenvalue weighted by Gasteiger charge is -1.99. The highest BCUT2D eigenvalue weighted by atomic mass is 16.4. The van der Waals surface area contributed by atoms with Gasteiger partial charge in [-0.1, -0.05) is 6.07 Å². The average Bonchev–Trinajstić information content (AvgIpc) is 3.59. The van der Waals surface area contributed by atoms with E-state index in [-0.39, 0.29) is 23.9 Å². The monoisotopic (exact) mass is 429 g/mol. The van der Waals surface area contributed by atoms with E-state index in [1.807, 2.05) is 24.4 Å². The molecule has 0 aliphatic carbocycles. The second-order valence-electron chi connectivity index (χ2n) is 7.31. The summed E-state index contributed by atoms with van der Waals surface area (Å²) >= 11 is 0. The van der Waals surface area contributed by atoms with Crippen LogP contribution in [0, 0.1) is 0 Å². The predicted octanol–water partition coefficient (Wildman–Crippen LogP) is 2.58. The standard InChI is InChI=1S/C22H19N7O3/c1-23-22(31)20-5-3-16(32-20)12-29-11-13(8-26-29)6-19(30)21-17-4-2-14(7-18(17)27-28-21)15-9-24-25-10-15/h2-5,7-11H,6,12H2,1H3,(H,23,31)(H,24,25)(H,27,28). The Kier molecular flexibility index (Phi) is 4.86. The van der Waals surface area contributed by atoms with E-state index in [0.29, 0.717) is 18.0 Å². The van der Waals surface area contributed by atoms with Gasteiger partial charge in [0.2, 0.25) is 0 Å². The Bertz CT molecular complexity index is 1410. The summed E-state index contributed by atoms with van der Waals surface area (Å²) in [5.41, 5.74) is 3.88. The van der Waals surface area contributed by atoms with Crippen molar-refractivity contribution in [3.8, 4) is 11.1 Å². The van der Waals surface area contributed by atoms with Crippen LogP contribution < -0.4 is 5.32 Å². The molecular weight excluding hydrogens is 410 g/mol. The lowest BCUT2D eigenvalue weighted by atomic mass is 10.0. The first-order chi connectivity index (χ1) is 15.6. The van der Waals surface area contributed by atoms with Gasteiger partial charge >= 0.3 is 0 Å². The van der Waals surface area contributed by atoms with Gasteiger partial charge in [-0.05, 0) is 35.4 Å². The highest BCUT2D eigenvalue weighted by molar-refractivity contribution is 6.07. The first-order valence-electron chi connectivity index (χ1n) is 9.93. The van der Waals surface area contributed by atoms with Gasteiger partial charge in [-0.3, -0.25) is 24.5 Å². The zero-order chi connectivity index (χ0) is 22.1. The van der Waals surface area contributed by atoms with Crippen LogP contribution in [-0.2, 0) is 13.0 Å². The summed E-state index contributed by atoms with van der Waals surface area (Å²) in [5.74, 6) is 0.445. The minimum Gasteiger partial charge on any atom is -0.454 e. The first kappa shape index (κ1) is 19.5. The third kappa shape index (κ3) is 3.69. The summed E-state index contributed by atoms with van der Waals surface area (Å²) in [5, 5.41) is 21.5. The molecule has 0 aliphatic heterocycles. The number of H-pyrrole nitrogens is 2. The van der Waals surface area contributed by atoms with Crippen molar-refractivity contribution >= 4 is 22.6 Å². The molecule has 0 spiro atoms. The van der Waals surface area contributed by atoms with Crippen molar-refractivity contribution < 1.29 is 14.0 Å². The molecule has 10 heteroatoms. The number of nitrogens with one attached hydrogen (secondary N) is 3. The summed E-state index contributed by atoms with van der Waals surface area (Å²) in [6.07, 6.45) is 7.15. The van der Waals surface area contributed by atoms with E-state index in [2.05, 4.69) is 30.8 Å². The van der Waals surface area contributed by atoms with Crippen LogP contribution in [0.15, 0.2) is 59.5 Å². The zero-order valence-electron chi connectivity index (χ0n) is 17.1. The average molecular weight is 429 g/mol. The number of hydrogen-bond acceptors (Lipinski definition) is 6. The van der Waals surface area contributed by atoms with Crippen LogP contribution in [0.1, 0.15) is 32.4 Å². The van der Waals surface area contributed by atoms with Crippen molar-refractivity contribution in [1.82, 2.24) is 35.5 Å². The summed E-state index contributed by atoms with van der Waals surface area (Å²) in [7, 11) is 1.54. The lowest BCUT2D eigenvalue weighted by molar-refractivity contribution is 0.0932. The van der Waals surface area contributed by atoms with Crippen LogP contribution in [0.2, 0.25) is 0 Å². The zero-order valence-corrected chi connectivity index (χ0v) is 17.1. The van der Waals surface area contributed by atoms with Crippen molar-refractivity contribution in [3.05, 3.63) is 77.9 Å². The van der Waals surface area contributed by atoms with E-state index >= 15 is 0 Å². The maximum Gasteiger partial charge on any atom is 0.286 e. The number of benzene rings is 1. The fourth-order valence-electron chi connectivity index (χ4n) is 3.54. The molecule has 5 aromatic rings. The minimum atomic E-state index is -0.286. The van der Waals surface area contributed by atoms with Crippen LogP contribution in [0.25, 0.3) is 22.0 Å². The summed E-state index contributed by atoms with van der Waals surface area (Å²) in [4.78, 5) is 24.5. The number of carbonyl (C=O) groups excluding carboxylic acids is 2. The molecule has 1 aromatic carbocycles. The lowest BCUT2D eigenvalue weighted by Crippen LogP contribution is -2.16. The van der Waals surface area contributed by atoms with Gasteiger partial charge in [0.25, 0.3) is 5.91 Å². The Morgan fingerprint density at radius 2 is 2.06 bits per heavy atom. The Labute approximate surface area is 181 Å². The van der Waals surface area contributed by atoms with Gasteiger partial charge in [0.1, 0.15) is 11.5 Å². The highest BCUT2D eigenvalue weighted by Gasteiger charge is 2.17. The van der Waals surface area contributed by atoms with Crippen LogP contribution >= 0.6 is 0 Å². The molecule has 4 heterocycles. The predicted molar refractivity (Wildman–Crippen MR) is 115 cm³/mol. The Morgan fingerprint density at radius 1 is 1.16 bits per heavy atom. The van der Waals surface area contributed by atoms with Crippen molar-refractivity contribution in [3.63, 3.8) is 0 Å². The van der Waals surface area contributed by atoms with E-state index in [9.17, 15) is 9.59 Å². The number of aromatic amines is 2. The SMILES string of the molecule is CNC(=O)c1ccc(Cn2cc(CC(=O)c3n[nH]c4cc(-c5cn[nH]c5)ccc34)cn2)o1. The molecule has 10 nitrogen and oxygen atoms in total. The fraction of sp³-hybridized carbons (Fsp3) is 0.136. The minimum absolute atomic E-state index is 0.105. The summed E-state index contributed by atoms with van der Waals surface area (Å²) < 4.78 is 7.18. The van der Waals surface area contributed by atoms with Crippen LogP contribution in [-0.4, -0.2) is 48.9 Å². The second-order valence-corrected chi connectivity index (χ2v) is 7.31. The summed E-state index contributed by atoms with van der Waals surface area (Å²) in [6, 6.07) is 9.11. The van der Waals surface area contributed by atoms with E-state index in [0.717, 1.165) is 27.6 Å². The Hall–Kier alpha value is -4.47. The molecule has 0 atom stereocenters. The third-order valence-electron chi connectivity index (χ3n) is 5.14. The van der Waals surface area contributed by atoms with Crippen LogP contribution in [0.4, 0.5) is 0 Å². The summed E-state index contributed by atoms with van der Waals surface area (Å²) in [6.45, 7) is 0.354. The van der Waals surface area contributed by atoms with Crippen molar-refractivity contribution in [2.75, 3.05) is 7.05 Å². The van der Waals surface area contributed by atoms with E-state index in [4.69, 9.17) is 4.42 Å². The highest BCUT2D eigenvalue weighted by Crippen LogP contribution is 2.25. The number of Topliss-reactive ketones (excluding diaryl/α,β-unsaturated/α-hetero) is 1. The first-order valence-corrected chi connectivity index (χ1v) is 9.93. The second kappa shape index (κ2) is 7.99. The molecule has 0 bridgehead atoms. The molecule has 32 heavy (non-hydrogen) atoms. The smallest absolute Gasteiger partial charge is 0.286 e. The number of hydrogen-bond donors (Lipinski definition) is 3. The molecular formula is C22H19N7O3. The molecule has 5 rings (SSSR count). The van der Waals surface area contributed by atoms with Crippen LogP contribution in [0.5, 0.6) is 0 Å². The molecule has 0 aliphatic rings. The van der Waals surface area contributed by atoms with E-state index in [1.54, 1.807) is 42.5 Å². The number of fused-ring (bicyclic) bond motifs is 1. The molecule has 0 fully saturated rings. The molecule has 0 unspecified atom stereocenters. The van der Waals surface area contributed by atoms with Gasteiger partial charge in [-0.15, -0.1) is 0 Å². The number of furan rings is 1. The molecule has 3 N–H and O–H groups in total. The Balaban J connectivity index is 1.29. The molecule has 0 radical (unpaired) electrons. The number of aromatic nitrogens is 6. The third-order valence-corrected chi connectivity index (χ3v) is 5.14. The van der Waals surface area contributed by atoms with E-state index in [1.165, 1.54) is 0 Å². The maximum atomic E-state index is 12.9. The van der Waals surface area contributed by atoms with Gasteiger partial charge in [0.05, 0.1) is 24.5 Å². The molecule has 4 aromatic heterocycles. The van der Waals surface area contributed by atoms with Crippen LogP contribution in [0.3, 0.4) is 0 Å². The van der Waals surface area contributed by atoms with Gasteiger partial charge in [-0.25, -0.2) is 0 Å². The number of carbonyl (C=O) groups is 2. The van der Waals surface area contributed by atoms with Gasteiger partial charge in [0, 0.05) is 36.8 Å². The molecule has 160 valence electrons. The number of rotatable bonds is 7. The maximum absolute atomic E-state index is 12.9. The molecule has 0 saturated carbocycles. The van der Waals surface area contributed by atoms with Crippen molar-refractivity contribution in [1.29, 1.82) is 0 Å². The number of ketones is 1. The van der Waals surface area contributed by atoms with Gasteiger partial charge in [0.15, 0.2) is 11.5 Å². The van der Waals surface area contributed by atoms with Gasteiger partial charge in [-0.2, -0.15) is 15.3 Å². The normalized spacial score (nSPS) is 11.2. The quantitative estimate of drug-likeness (QED) is 0.340. The molecule has 1 amide bonds. The largest absolute Gasteiger partial charge is 0.454 e. The number of amides is 1. The van der Waals surface area contributed by atoms with Crippen molar-refractivity contribution in [2.45, 2.75) is 13.0 Å². The topological polar surface area (TPSA) is 134 Å². The number of nitrogens with zero attached hydrogens (tertiary/aromatic N) is 4.